The van der Waals surface area contributed by atoms with Gasteiger partial charge in [-0.3, -0.25) is 14.4 Å². The summed E-state index contributed by atoms with van der Waals surface area (Å²) in [6.45, 7) is 5.78. The van der Waals surface area contributed by atoms with Crippen LogP contribution in [0.2, 0.25) is 0 Å². The van der Waals surface area contributed by atoms with Crippen molar-refractivity contribution in [2.24, 2.45) is 0 Å². The maximum atomic E-state index is 14.1. The summed E-state index contributed by atoms with van der Waals surface area (Å²) in [6, 6.07) is 12.3. The van der Waals surface area contributed by atoms with Crippen LogP contribution in [0, 0.1) is 6.92 Å². The number of para-hydroxylation sites is 1. The molecule has 3 heterocycles. The monoisotopic (exact) mass is 430 g/mol. The number of nitrogens with zero attached hydrogens (tertiary/aromatic N) is 2. The predicted octanol–water partition coefficient (Wildman–Crippen LogP) is 2.72. The molecule has 1 spiro atoms. The quantitative estimate of drug-likeness (QED) is 0.629. The third-order valence-electron chi connectivity index (χ3n) is 6.24. The average Bonchev–Trinajstić information content (AvgIpc) is 3.18. The van der Waals surface area contributed by atoms with E-state index in [9.17, 15) is 19.5 Å². The van der Waals surface area contributed by atoms with Crippen LogP contribution in [-0.2, 0) is 10.3 Å². The first-order valence-electron chi connectivity index (χ1n) is 10.5. The van der Waals surface area contributed by atoms with Crippen LogP contribution in [0.5, 0.6) is 0 Å². The van der Waals surface area contributed by atoms with Crippen LogP contribution in [0.15, 0.2) is 64.3 Å². The first-order chi connectivity index (χ1) is 15.5. The molecule has 1 atom stereocenters. The van der Waals surface area contributed by atoms with Gasteiger partial charge in [0, 0.05) is 25.3 Å². The number of hydrogen-bond acceptors (Lipinski definition) is 5. The molecule has 0 fully saturated rings. The van der Waals surface area contributed by atoms with Crippen molar-refractivity contribution in [3.8, 4) is 0 Å². The molecule has 0 saturated carbocycles. The molecule has 7 nitrogen and oxygen atoms in total. The van der Waals surface area contributed by atoms with Crippen LogP contribution in [-0.4, -0.2) is 41.5 Å². The number of fused-ring (bicyclic) bond motifs is 5. The second-order valence-electron chi connectivity index (χ2n) is 8.10. The molecule has 3 aromatic rings. The van der Waals surface area contributed by atoms with Crippen LogP contribution in [0.1, 0.15) is 33.7 Å². The summed E-state index contributed by atoms with van der Waals surface area (Å²) in [4.78, 5) is 44.4. The van der Waals surface area contributed by atoms with Gasteiger partial charge in [0.1, 0.15) is 5.58 Å². The molecular weight excluding hydrogens is 408 g/mol. The largest absolute Gasteiger partial charge is 0.450 e. The molecule has 1 unspecified atom stereocenters. The van der Waals surface area contributed by atoms with Crippen LogP contribution in [0.4, 0.5) is 5.69 Å². The minimum atomic E-state index is -1.64. The highest BCUT2D eigenvalue weighted by molar-refractivity contribution is 6.17. The van der Waals surface area contributed by atoms with Gasteiger partial charge in [-0.2, -0.15) is 0 Å². The second kappa shape index (κ2) is 7.17. The van der Waals surface area contributed by atoms with E-state index in [1.54, 1.807) is 42.5 Å². The Balaban J connectivity index is 1.91. The zero-order valence-electron chi connectivity index (χ0n) is 17.6. The molecule has 0 saturated heterocycles. The Labute approximate surface area is 184 Å². The standard InChI is InChI=1S/C25H22N2O5/c1-3-11-26-18-8-5-4-7-17(18)25(24(26)31)20-21(29)16-14-15(2)9-10-19(16)32-22(20)23(30)27(25)12-6-13-28/h3-5,7-10,14,28H,1,6,11-13H2,2H3. The van der Waals surface area contributed by atoms with Crippen molar-refractivity contribution in [1.82, 2.24) is 4.90 Å². The normalized spacial score (nSPS) is 19.2. The van der Waals surface area contributed by atoms with Crippen LogP contribution in [0.25, 0.3) is 11.0 Å². The summed E-state index contributed by atoms with van der Waals surface area (Å²) in [6.07, 6.45) is 1.86. The molecule has 1 aromatic heterocycles. The Morgan fingerprint density at radius 1 is 1.16 bits per heavy atom. The van der Waals surface area contributed by atoms with Crippen molar-refractivity contribution in [2.75, 3.05) is 24.6 Å². The minimum Gasteiger partial charge on any atom is -0.450 e. The molecule has 2 aliphatic rings. The summed E-state index contributed by atoms with van der Waals surface area (Å²) in [5.74, 6) is -1.05. The lowest BCUT2D eigenvalue weighted by Gasteiger charge is -2.34. The minimum absolute atomic E-state index is 0.0440. The second-order valence-corrected chi connectivity index (χ2v) is 8.10. The van der Waals surface area contributed by atoms with Gasteiger partial charge in [0.2, 0.25) is 5.76 Å². The molecule has 5 rings (SSSR count). The molecule has 1 N–H and O–H groups in total. The van der Waals surface area contributed by atoms with Crippen molar-refractivity contribution in [3.05, 3.63) is 87.8 Å². The SMILES string of the molecule is C=CCN1C(=O)C2(c3ccccc31)c1c(oc3ccc(C)cc3c1=O)C(=O)N2CCCO. The van der Waals surface area contributed by atoms with Crippen LogP contribution >= 0.6 is 0 Å². The van der Waals surface area contributed by atoms with Crippen LogP contribution < -0.4 is 10.3 Å². The lowest BCUT2D eigenvalue weighted by molar-refractivity contribution is -0.126. The van der Waals surface area contributed by atoms with E-state index in [2.05, 4.69) is 6.58 Å². The fraction of sp³-hybridized carbons (Fsp3) is 0.240. The van der Waals surface area contributed by atoms with E-state index in [4.69, 9.17) is 4.42 Å². The van der Waals surface area contributed by atoms with Crippen LogP contribution in [0.3, 0.4) is 0 Å². The Bertz CT molecular complexity index is 1360. The number of carbonyl (C=O) groups is 2. The molecule has 2 amide bonds. The van der Waals surface area contributed by atoms with Gasteiger partial charge in [0.15, 0.2) is 11.0 Å². The number of aliphatic hydroxyl groups is 1. The van der Waals surface area contributed by atoms with Gasteiger partial charge in [-0.1, -0.05) is 35.9 Å². The molecule has 2 aromatic carbocycles. The number of aliphatic hydroxyl groups excluding tert-OH is 1. The number of anilines is 1. The maximum absolute atomic E-state index is 14.1. The molecule has 2 aliphatic heterocycles. The number of rotatable bonds is 5. The van der Waals surface area contributed by atoms with Gasteiger partial charge in [0.05, 0.1) is 16.6 Å². The number of benzene rings is 2. The van der Waals surface area contributed by atoms with E-state index in [1.165, 1.54) is 9.80 Å². The first-order valence-corrected chi connectivity index (χ1v) is 10.5. The van der Waals surface area contributed by atoms with E-state index in [0.29, 0.717) is 22.2 Å². The van der Waals surface area contributed by atoms with Crippen molar-refractivity contribution in [2.45, 2.75) is 18.9 Å². The third kappa shape index (κ3) is 2.42. The predicted molar refractivity (Wildman–Crippen MR) is 120 cm³/mol. The smallest absolute Gasteiger partial charge is 0.291 e. The Morgan fingerprint density at radius 3 is 2.69 bits per heavy atom. The van der Waals surface area contributed by atoms with E-state index in [1.807, 2.05) is 13.0 Å². The van der Waals surface area contributed by atoms with Gasteiger partial charge in [-0.15, -0.1) is 6.58 Å². The molecule has 0 bridgehead atoms. The van der Waals surface area contributed by atoms with E-state index < -0.39 is 22.8 Å². The number of hydrogen-bond donors (Lipinski definition) is 1. The van der Waals surface area contributed by atoms with Crippen molar-refractivity contribution < 1.29 is 19.1 Å². The van der Waals surface area contributed by atoms with Gasteiger partial charge in [-0.05, 0) is 31.5 Å². The highest BCUT2D eigenvalue weighted by Crippen LogP contribution is 2.52. The van der Waals surface area contributed by atoms with Gasteiger partial charge < -0.3 is 19.3 Å². The number of carbonyl (C=O) groups excluding carboxylic acids is 2. The molecule has 162 valence electrons. The van der Waals surface area contributed by atoms with Crippen molar-refractivity contribution in [3.63, 3.8) is 0 Å². The first kappa shape index (κ1) is 20.2. The van der Waals surface area contributed by atoms with E-state index in [0.717, 1.165) is 5.56 Å². The number of amides is 2. The molecule has 7 heteroatoms. The van der Waals surface area contributed by atoms with E-state index >= 15 is 0 Å². The zero-order chi connectivity index (χ0) is 22.6. The van der Waals surface area contributed by atoms with Gasteiger partial charge >= 0.3 is 0 Å². The average molecular weight is 430 g/mol. The lowest BCUT2D eigenvalue weighted by atomic mass is 9.84. The summed E-state index contributed by atoms with van der Waals surface area (Å²) in [5, 5.41) is 9.79. The number of aryl methyl sites for hydroxylation is 1. The van der Waals surface area contributed by atoms with Crippen molar-refractivity contribution >= 4 is 28.5 Å². The lowest BCUT2D eigenvalue weighted by Crippen LogP contribution is -2.53. The molecular formula is C25H22N2O5. The third-order valence-corrected chi connectivity index (χ3v) is 6.24. The topological polar surface area (TPSA) is 91.1 Å². The fourth-order valence-electron chi connectivity index (χ4n) is 4.94. The maximum Gasteiger partial charge on any atom is 0.291 e. The highest BCUT2D eigenvalue weighted by Gasteiger charge is 2.64. The Hall–Kier alpha value is -3.71. The van der Waals surface area contributed by atoms with Crippen molar-refractivity contribution in [1.29, 1.82) is 0 Å². The highest BCUT2D eigenvalue weighted by atomic mass is 16.3. The molecule has 0 aliphatic carbocycles. The zero-order valence-corrected chi connectivity index (χ0v) is 17.6. The molecule has 0 radical (unpaired) electrons. The van der Waals surface area contributed by atoms with Gasteiger partial charge in [0.25, 0.3) is 11.8 Å². The fourth-order valence-corrected chi connectivity index (χ4v) is 4.94. The summed E-state index contributed by atoms with van der Waals surface area (Å²) in [7, 11) is 0. The van der Waals surface area contributed by atoms with Gasteiger partial charge in [-0.25, -0.2) is 0 Å². The summed E-state index contributed by atoms with van der Waals surface area (Å²) >= 11 is 0. The summed E-state index contributed by atoms with van der Waals surface area (Å²) in [5.41, 5.74) is 0.350. The van der Waals surface area contributed by atoms with E-state index in [-0.39, 0.29) is 37.4 Å². The Kier molecular flexibility index (Phi) is 4.53. The molecule has 32 heavy (non-hydrogen) atoms. The Morgan fingerprint density at radius 2 is 1.94 bits per heavy atom. The summed E-state index contributed by atoms with van der Waals surface area (Å²) < 4.78 is 5.96.